The molecular formula is C22H22F4N4O5S. The number of aromatic nitrogens is 2. The first kappa shape index (κ1) is 28.6. The number of rotatable bonds is 6. The molecule has 0 aliphatic heterocycles. The Bertz CT molecular complexity index is 1330. The highest BCUT2D eigenvalue weighted by atomic mass is 32.2. The lowest BCUT2D eigenvalue weighted by molar-refractivity contribution is -0.192. The molecule has 9 nitrogen and oxygen atoms in total. The number of halogens is 4. The van der Waals surface area contributed by atoms with Gasteiger partial charge in [0.2, 0.25) is 16.0 Å². The van der Waals surface area contributed by atoms with Crippen molar-refractivity contribution in [2.75, 3.05) is 12.3 Å². The van der Waals surface area contributed by atoms with Gasteiger partial charge in [-0.2, -0.15) is 13.2 Å². The molecule has 1 aromatic heterocycles. The van der Waals surface area contributed by atoms with Crippen LogP contribution >= 0.6 is 0 Å². The molecule has 0 aliphatic carbocycles. The summed E-state index contributed by atoms with van der Waals surface area (Å²) < 4.78 is 74.4. The number of aliphatic hydroxyl groups is 1. The number of hydrogen-bond acceptors (Lipinski definition) is 7. The minimum atomic E-state index is -5.08. The Morgan fingerprint density at radius 3 is 2.08 bits per heavy atom. The number of anilines is 1. The first-order valence-electron chi connectivity index (χ1n) is 10.0. The zero-order valence-electron chi connectivity index (χ0n) is 18.9. The van der Waals surface area contributed by atoms with Gasteiger partial charge < -0.3 is 15.9 Å². The van der Waals surface area contributed by atoms with Crippen LogP contribution in [-0.4, -0.2) is 52.9 Å². The Morgan fingerprint density at radius 2 is 1.58 bits per heavy atom. The molecule has 0 unspecified atom stereocenters. The van der Waals surface area contributed by atoms with Crippen molar-refractivity contribution in [3.8, 4) is 22.3 Å². The van der Waals surface area contributed by atoms with Gasteiger partial charge in [0, 0.05) is 35.6 Å². The standard InChI is InChI=1S/C20H21FN4O3S.C2HF3O2/c1-20(2,26)12-25-29(27,28)18-6-4-3-5-16(18)13-7-8-15(17(21)9-13)14-10-23-19(22)24-11-14;3-2(4,5)1(6)7/h3-11,25-26H,12H2,1-2H3,(H2,22,23,24);(H,6,7). The molecule has 0 atom stereocenters. The highest BCUT2D eigenvalue weighted by Gasteiger charge is 2.38. The van der Waals surface area contributed by atoms with Crippen LogP contribution in [0.2, 0.25) is 0 Å². The molecule has 5 N–H and O–H groups in total. The van der Waals surface area contributed by atoms with Gasteiger partial charge >= 0.3 is 12.1 Å². The first-order valence-corrected chi connectivity index (χ1v) is 11.5. The summed E-state index contributed by atoms with van der Waals surface area (Å²) in [6, 6.07) is 10.7. The van der Waals surface area contributed by atoms with Gasteiger partial charge in [-0.15, -0.1) is 0 Å². The quantitative estimate of drug-likeness (QED) is 0.354. The second-order valence-corrected chi connectivity index (χ2v) is 9.70. The SMILES string of the molecule is CC(C)(O)CNS(=O)(=O)c1ccccc1-c1ccc(-c2cnc(N)nc2)c(F)c1.O=C(O)C(F)(F)F. The van der Waals surface area contributed by atoms with Crippen LogP contribution in [0, 0.1) is 5.82 Å². The van der Waals surface area contributed by atoms with Gasteiger partial charge in [-0.3, -0.25) is 0 Å². The Balaban J connectivity index is 0.000000572. The minimum absolute atomic E-state index is 0.00721. The third-order valence-electron chi connectivity index (χ3n) is 4.38. The van der Waals surface area contributed by atoms with E-state index in [1.807, 2.05) is 0 Å². The number of nitrogens with two attached hydrogens (primary N) is 1. The van der Waals surface area contributed by atoms with E-state index in [1.54, 1.807) is 24.3 Å². The Labute approximate surface area is 203 Å². The predicted octanol–water partition coefficient (Wildman–Crippen LogP) is 3.21. The summed E-state index contributed by atoms with van der Waals surface area (Å²) in [5.74, 6) is -3.22. The van der Waals surface area contributed by atoms with E-state index in [9.17, 15) is 31.1 Å². The lowest BCUT2D eigenvalue weighted by atomic mass is 10.0. The van der Waals surface area contributed by atoms with Gasteiger partial charge in [-0.25, -0.2) is 32.3 Å². The number of aliphatic carboxylic acids is 1. The van der Waals surface area contributed by atoms with Gasteiger partial charge in [-0.05, 0) is 31.5 Å². The van der Waals surface area contributed by atoms with Crippen molar-refractivity contribution >= 4 is 21.9 Å². The number of nitrogens with one attached hydrogen (secondary N) is 1. The summed E-state index contributed by atoms with van der Waals surface area (Å²) in [6.07, 6.45) is -2.25. The number of sulfonamides is 1. The number of carbonyl (C=O) groups is 1. The van der Waals surface area contributed by atoms with E-state index in [2.05, 4.69) is 14.7 Å². The molecule has 0 fully saturated rings. The van der Waals surface area contributed by atoms with Crippen LogP contribution in [0.25, 0.3) is 22.3 Å². The molecule has 3 aromatic rings. The third-order valence-corrected chi connectivity index (χ3v) is 5.84. The average Bonchev–Trinajstić information content (AvgIpc) is 2.78. The zero-order chi connectivity index (χ0) is 27.3. The molecule has 0 saturated carbocycles. The van der Waals surface area contributed by atoms with E-state index >= 15 is 0 Å². The van der Waals surface area contributed by atoms with Crippen molar-refractivity contribution in [1.29, 1.82) is 0 Å². The van der Waals surface area contributed by atoms with E-state index in [4.69, 9.17) is 15.6 Å². The summed E-state index contributed by atoms with van der Waals surface area (Å²) in [6.45, 7) is 2.83. The zero-order valence-corrected chi connectivity index (χ0v) is 19.7. The van der Waals surface area contributed by atoms with Gasteiger partial charge in [0.25, 0.3) is 0 Å². The molecule has 3 rings (SSSR count). The van der Waals surface area contributed by atoms with E-state index < -0.39 is 33.6 Å². The summed E-state index contributed by atoms with van der Waals surface area (Å²) in [5, 5.41) is 16.9. The maximum atomic E-state index is 14.8. The second kappa shape index (κ2) is 11.0. The van der Waals surface area contributed by atoms with Crippen molar-refractivity contribution in [3.63, 3.8) is 0 Å². The van der Waals surface area contributed by atoms with Crippen LogP contribution in [0.5, 0.6) is 0 Å². The fourth-order valence-electron chi connectivity index (χ4n) is 2.68. The fraction of sp³-hybridized carbons (Fsp3) is 0.227. The molecular weight excluding hydrogens is 508 g/mol. The van der Waals surface area contributed by atoms with Crippen molar-refractivity contribution in [3.05, 3.63) is 60.7 Å². The number of nitrogen functional groups attached to an aromatic ring is 1. The van der Waals surface area contributed by atoms with Crippen molar-refractivity contribution in [2.45, 2.75) is 30.5 Å². The topological polar surface area (TPSA) is 156 Å². The Hall–Kier alpha value is -3.62. The molecule has 36 heavy (non-hydrogen) atoms. The fourth-order valence-corrected chi connectivity index (χ4v) is 4.11. The number of alkyl halides is 3. The third kappa shape index (κ3) is 7.96. The van der Waals surface area contributed by atoms with Crippen molar-refractivity contribution in [1.82, 2.24) is 14.7 Å². The summed E-state index contributed by atoms with van der Waals surface area (Å²) >= 11 is 0. The molecule has 2 aromatic carbocycles. The van der Waals surface area contributed by atoms with Crippen molar-refractivity contribution < 1.29 is 41.0 Å². The van der Waals surface area contributed by atoms with Crippen LogP contribution in [0.4, 0.5) is 23.5 Å². The van der Waals surface area contributed by atoms with E-state index in [1.165, 1.54) is 44.4 Å². The monoisotopic (exact) mass is 530 g/mol. The summed E-state index contributed by atoms with van der Waals surface area (Å²) in [4.78, 5) is 16.6. The van der Waals surface area contributed by atoms with Crippen LogP contribution in [-0.2, 0) is 14.8 Å². The van der Waals surface area contributed by atoms with Crippen LogP contribution in [0.15, 0.2) is 59.8 Å². The number of benzene rings is 2. The number of carboxylic acid groups (broad SMARTS) is 1. The Kier molecular flexibility index (Phi) is 8.72. The van der Waals surface area contributed by atoms with Crippen LogP contribution < -0.4 is 10.5 Å². The maximum Gasteiger partial charge on any atom is 0.490 e. The van der Waals surface area contributed by atoms with Crippen LogP contribution in [0.1, 0.15) is 13.8 Å². The normalized spacial score (nSPS) is 12.0. The van der Waals surface area contributed by atoms with E-state index in [0.717, 1.165) is 0 Å². The molecule has 0 spiro atoms. The van der Waals surface area contributed by atoms with Gasteiger partial charge in [0.1, 0.15) is 5.82 Å². The molecule has 0 radical (unpaired) electrons. The Morgan fingerprint density at radius 1 is 1.03 bits per heavy atom. The smallest absolute Gasteiger partial charge is 0.475 e. The van der Waals surface area contributed by atoms with Gasteiger partial charge in [0.05, 0.1) is 10.5 Å². The van der Waals surface area contributed by atoms with E-state index in [-0.39, 0.29) is 23.0 Å². The van der Waals surface area contributed by atoms with Crippen molar-refractivity contribution in [2.24, 2.45) is 0 Å². The summed E-state index contributed by atoms with van der Waals surface area (Å²) in [7, 11) is -3.92. The molecule has 0 bridgehead atoms. The average molecular weight is 531 g/mol. The van der Waals surface area contributed by atoms with Gasteiger partial charge in [0.15, 0.2) is 0 Å². The molecule has 0 amide bonds. The minimum Gasteiger partial charge on any atom is -0.475 e. The second-order valence-electron chi connectivity index (χ2n) is 7.96. The van der Waals surface area contributed by atoms with Crippen LogP contribution in [0.3, 0.4) is 0 Å². The maximum absolute atomic E-state index is 14.8. The number of nitrogens with zero attached hydrogens (tertiary/aromatic N) is 2. The lowest BCUT2D eigenvalue weighted by Gasteiger charge is -2.19. The molecule has 194 valence electrons. The number of carboxylic acids is 1. The highest BCUT2D eigenvalue weighted by Crippen LogP contribution is 2.31. The molecule has 0 aliphatic rings. The predicted molar refractivity (Wildman–Crippen MR) is 122 cm³/mol. The summed E-state index contributed by atoms with van der Waals surface area (Å²) in [5.41, 5.74) is 5.71. The lowest BCUT2D eigenvalue weighted by Crippen LogP contribution is -2.38. The molecule has 14 heteroatoms. The van der Waals surface area contributed by atoms with E-state index in [0.29, 0.717) is 16.7 Å². The highest BCUT2D eigenvalue weighted by molar-refractivity contribution is 7.89. The molecule has 0 saturated heterocycles. The largest absolute Gasteiger partial charge is 0.490 e. The molecule has 1 heterocycles. The van der Waals surface area contributed by atoms with Gasteiger partial charge in [-0.1, -0.05) is 30.3 Å². The first-order chi connectivity index (χ1) is 16.5. The number of hydrogen-bond donors (Lipinski definition) is 4.